The predicted molar refractivity (Wildman–Crippen MR) is 57.1 cm³/mol. The number of rotatable bonds is 0. The maximum Gasteiger partial charge on any atom is 0.0683 e. The molecule has 1 heterocycles. The Balaban J connectivity index is 1.64. The Kier molecular flexibility index (Phi) is 2.12. The van der Waals surface area contributed by atoms with Gasteiger partial charge in [0.15, 0.2) is 0 Å². The largest absolute Gasteiger partial charge is 0.375 e. The van der Waals surface area contributed by atoms with E-state index in [9.17, 15) is 0 Å². The van der Waals surface area contributed by atoms with Gasteiger partial charge in [0.1, 0.15) is 0 Å². The molecule has 1 aliphatic heterocycles. The van der Waals surface area contributed by atoms with Crippen LogP contribution in [0.1, 0.15) is 51.9 Å². The summed E-state index contributed by atoms with van der Waals surface area (Å²) in [6, 6.07) is 0. The van der Waals surface area contributed by atoms with Gasteiger partial charge in [0, 0.05) is 0 Å². The van der Waals surface area contributed by atoms with Crippen molar-refractivity contribution in [1.82, 2.24) is 0 Å². The lowest BCUT2D eigenvalue weighted by Gasteiger charge is -2.39. The average Bonchev–Trinajstić information content (AvgIpc) is 2.94. The highest BCUT2D eigenvalue weighted by Gasteiger charge is 2.45. The van der Waals surface area contributed by atoms with Crippen LogP contribution in [-0.2, 0) is 4.74 Å². The van der Waals surface area contributed by atoms with Crippen LogP contribution in [0.25, 0.3) is 0 Å². The molecule has 0 aromatic rings. The topological polar surface area (TPSA) is 9.23 Å². The second-order valence-corrected chi connectivity index (χ2v) is 5.97. The first-order chi connectivity index (χ1) is 6.77. The molecule has 1 heteroatoms. The summed E-state index contributed by atoms with van der Waals surface area (Å²) < 4.78 is 6.23. The summed E-state index contributed by atoms with van der Waals surface area (Å²) in [5.41, 5.74) is 0.333. The lowest BCUT2D eigenvalue weighted by Crippen LogP contribution is -2.36. The van der Waals surface area contributed by atoms with Gasteiger partial charge >= 0.3 is 0 Å². The quantitative estimate of drug-likeness (QED) is 0.574. The van der Waals surface area contributed by atoms with Gasteiger partial charge in [-0.05, 0) is 62.7 Å². The standard InChI is InChI=1S/C13H22O/c1-10-2-5-13(6-3-10)7-4-11-8-12(11)9-14-13/h10-12H,2-9H2,1H3. The van der Waals surface area contributed by atoms with Gasteiger partial charge in [-0.2, -0.15) is 0 Å². The molecule has 0 amide bonds. The third kappa shape index (κ3) is 1.60. The van der Waals surface area contributed by atoms with Crippen LogP contribution in [0.5, 0.6) is 0 Å². The van der Waals surface area contributed by atoms with Gasteiger partial charge in [0.25, 0.3) is 0 Å². The highest BCUT2D eigenvalue weighted by Crippen LogP contribution is 2.50. The van der Waals surface area contributed by atoms with Crippen LogP contribution in [0.4, 0.5) is 0 Å². The third-order valence-electron chi connectivity index (χ3n) is 4.83. The minimum absolute atomic E-state index is 0.333. The Morgan fingerprint density at radius 1 is 1.00 bits per heavy atom. The van der Waals surface area contributed by atoms with Gasteiger partial charge in [0.05, 0.1) is 12.2 Å². The Hall–Kier alpha value is -0.0400. The molecule has 3 aliphatic rings. The zero-order valence-electron chi connectivity index (χ0n) is 9.30. The molecule has 0 radical (unpaired) electrons. The molecule has 1 spiro atoms. The van der Waals surface area contributed by atoms with Crippen molar-refractivity contribution in [2.75, 3.05) is 6.61 Å². The van der Waals surface area contributed by atoms with E-state index < -0.39 is 0 Å². The van der Waals surface area contributed by atoms with E-state index in [2.05, 4.69) is 6.92 Å². The summed E-state index contributed by atoms with van der Waals surface area (Å²) in [6.07, 6.45) is 9.76. The van der Waals surface area contributed by atoms with E-state index in [1.807, 2.05) is 0 Å². The fourth-order valence-electron chi connectivity index (χ4n) is 3.35. The number of ether oxygens (including phenoxy) is 1. The summed E-state index contributed by atoms with van der Waals surface area (Å²) >= 11 is 0. The minimum atomic E-state index is 0.333. The average molecular weight is 194 g/mol. The first kappa shape index (κ1) is 9.21. The van der Waals surface area contributed by atoms with Crippen LogP contribution in [0, 0.1) is 17.8 Å². The van der Waals surface area contributed by atoms with Crippen molar-refractivity contribution in [2.24, 2.45) is 17.8 Å². The summed E-state index contributed by atoms with van der Waals surface area (Å²) in [7, 11) is 0. The van der Waals surface area contributed by atoms with Crippen LogP contribution in [0.15, 0.2) is 0 Å². The number of hydrogen-bond donors (Lipinski definition) is 0. The van der Waals surface area contributed by atoms with Crippen molar-refractivity contribution in [3.8, 4) is 0 Å². The molecule has 0 bridgehead atoms. The van der Waals surface area contributed by atoms with E-state index in [1.165, 1.54) is 44.9 Å². The Morgan fingerprint density at radius 3 is 2.50 bits per heavy atom. The fraction of sp³-hybridized carbons (Fsp3) is 1.00. The van der Waals surface area contributed by atoms with Crippen molar-refractivity contribution in [1.29, 1.82) is 0 Å². The van der Waals surface area contributed by atoms with E-state index in [0.29, 0.717) is 5.60 Å². The SMILES string of the molecule is CC1CCC2(CC1)CCC1CC1CO2. The van der Waals surface area contributed by atoms with E-state index in [1.54, 1.807) is 0 Å². The third-order valence-corrected chi connectivity index (χ3v) is 4.83. The summed E-state index contributed by atoms with van der Waals surface area (Å²) in [4.78, 5) is 0. The molecule has 0 N–H and O–H groups in total. The monoisotopic (exact) mass is 194 g/mol. The van der Waals surface area contributed by atoms with Crippen LogP contribution in [-0.4, -0.2) is 12.2 Å². The minimum Gasteiger partial charge on any atom is -0.375 e. The Morgan fingerprint density at radius 2 is 1.71 bits per heavy atom. The molecule has 2 saturated carbocycles. The van der Waals surface area contributed by atoms with Gasteiger partial charge in [-0.3, -0.25) is 0 Å². The lowest BCUT2D eigenvalue weighted by molar-refractivity contribution is -0.0802. The van der Waals surface area contributed by atoms with Gasteiger partial charge in [-0.1, -0.05) is 6.92 Å². The van der Waals surface area contributed by atoms with Crippen molar-refractivity contribution >= 4 is 0 Å². The molecule has 1 saturated heterocycles. The highest BCUT2D eigenvalue weighted by molar-refractivity contribution is 4.95. The maximum atomic E-state index is 6.23. The molecule has 2 unspecified atom stereocenters. The first-order valence-electron chi connectivity index (χ1n) is 6.41. The zero-order chi connectivity index (χ0) is 9.60. The smallest absolute Gasteiger partial charge is 0.0683 e. The van der Waals surface area contributed by atoms with Crippen molar-refractivity contribution in [3.05, 3.63) is 0 Å². The van der Waals surface area contributed by atoms with Crippen LogP contribution in [0.3, 0.4) is 0 Å². The van der Waals surface area contributed by atoms with E-state index in [0.717, 1.165) is 24.4 Å². The van der Waals surface area contributed by atoms with Gasteiger partial charge in [-0.25, -0.2) is 0 Å². The molecule has 2 aliphatic carbocycles. The van der Waals surface area contributed by atoms with Crippen LogP contribution >= 0.6 is 0 Å². The molecule has 80 valence electrons. The fourth-order valence-corrected chi connectivity index (χ4v) is 3.35. The molecule has 0 aromatic heterocycles. The van der Waals surface area contributed by atoms with E-state index >= 15 is 0 Å². The van der Waals surface area contributed by atoms with Crippen LogP contribution in [0.2, 0.25) is 0 Å². The molecular formula is C13H22O. The van der Waals surface area contributed by atoms with Gasteiger partial charge in [-0.15, -0.1) is 0 Å². The van der Waals surface area contributed by atoms with Crippen molar-refractivity contribution < 1.29 is 4.74 Å². The molecule has 3 fully saturated rings. The Labute approximate surface area is 87.2 Å². The predicted octanol–water partition coefficient (Wildman–Crippen LogP) is 3.38. The first-order valence-corrected chi connectivity index (χ1v) is 6.41. The molecular weight excluding hydrogens is 172 g/mol. The van der Waals surface area contributed by atoms with Gasteiger partial charge < -0.3 is 4.74 Å². The molecule has 2 atom stereocenters. The molecule has 14 heavy (non-hydrogen) atoms. The highest BCUT2D eigenvalue weighted by atomic mass is 16.5. The zero-order valence-corrected chi connectivity index (χ0v) is 9.30. The maximum absolute atomic E-state index is 6.23. The number of fused-ring (bicyclic) bond motifs is 1. The normalized spacial score (nSPS) is 52.5. The van der Waals surface area contributed by atoms with Crippen LogP contribution < -0.4 is 0 Å². The van der Waals surface area contributed by atoms with Gasteiger partial charge in [0.2, 0.25) is 0 Å². The summed E-state index contributed by atoms with van der Waals surface area (Å²) in [6.45, 7) is 3.47. The molecule has 1 nitrogen and oxygen atoms in total. The lowest BCUT2D eigenvalue weighted by atomic mass is 9.77. The summed E-state index contributed by atoms with van der Waals surface area (Å²) in [5, 5.41) is 0. The summed E-state index contributed by atoms with van der Waals surface area (Å²) in [5.74, 6) is 2.95. The molecule has 3 rings (SSSR count). The second-order valence-electron chi connectivity index (χ2n) is 5.97. The van der Waals surface area contributed by atoms with Crippen molar-refractivity contribution in [2.45, 2.75) is 57.5 Å². The number of hydrogen-bond acceptors (Lipinski definition) is 1. The Bertz CT molecular complexity index is 201. The van der Waals surface area contributed by atoms with E-state index in [4.69, 9.17) is 4.74 Å². The van der Waals surface area contributed by atoms with Crippen molar-refractivity contribution in [3.63, 3.8) is 0 Å². The second kappa shape index (κ2) is 3.23. The molecule has 0 aromatic carbocycles. The van der Waals surface area contributed by atoms with E-state index in [-0.39, 0.29) is 0 Å².